The molecule has 0 amide bonds. The van der Waals surface area contributed by atoms with Crippen molar-refractivity contribution in [3.05, 3.63) is 23.5 Å². The first-order chi connectivity index (χ1) is 8.52. The monoisotopic (exact) mass is 254 g/mol. The summed E-state index contributed by atoms with van der Waals surface area (Å²) in [4.78, 5) is 2.98. The molecular weight excluding hydrogens is 234 g/mol. The Morgan fingerprint density at radius 3 is 2.94 bits per heavy atom. The summed E-state index contributed by atoms with van der Waals surface area (Å²) in [6.45, 7) is 6.64. The fourth-order valence-corrected chi connectivity index (χ4v) is 1.95. The summed E-state index contributed by atoms with van der Waals surface area (Å²) < 4.78 is 16.9. The van der Waals surface area contributed by atoms with Gasteiger partial charge in [0.25, 0.3) is 0 Å². The molecule has 5 heteroatoms. The van der Waals surface area contributed by atoms with Crippen LogP contribution in [-0.4, -0.2) is 30.2 Å². The molecule has 1 aromatic heterocycles. The summed E-state index contributed by atoms with van der Waals surface area (Å²) in [7, 11) is 0. The predicted molar refractivity (Wildman–Crippen MR) is 64.1 cm³/mol. The van der Waals surface area contributed by atoms with Gasteiger partial charge in [0.15, 0.2) is 12.0 Å². The Kier molecular flexibility index (Phi) is 3.85. The first kappa shape index (κ1) is 13.3. The van der Waals surface area contributed by atoms with Gasteiger partial charge in [-0.1, -0.05) is 0 Å². The van der Waals surface area contributed by atoms with Crippen LogP contribution >= 0.6 is 0 Å². The third-order valence-electron chi connectivity index (χ3n) is 2.96. The van der Waals surface area contributed by atoms with Gasteiger partial charge in [-0.25, -0.2) is 4.98 Å². The van der Waals surface area contributed by atoms with Crippen molar-refractivity contribution in [1.29, 1.82) is 0 Å². The van der Waals surface area contributed by atoms with E-state index in [0.717, 1.165) is 17.0 Å². The number of pyridine rings is 1. The maximum Gasteiger partial charge on any atom is 0.211 e. The minimum absolute atomic E-state index is 0.0287. The van der Waals surface area contributed by atoms with Gasteiger partial charge in [0.05, 0.1) is 12.2 Å². The zero-order chi connectivity index (χ0) is 13.2. The van der Waals surface area contributed by atoms with E-state index in [-0.39, 0.29) is 12.7 Å². The maximum absolute atomic E-state index is 9.16. The molecule has 2 N–H and O–H groups in total. The Balaban J connectivity index is 1.95. The normalized spacial score (nSPS) is 22.1. The summed E-state index contributed by atoms with van der Waals surface area (Å²) in [6.07, 6.45) is 1.70. The Morgan fingerprint density at radius 2 is 2.33 bits per heavy atom. The minimum atomic E-state index is -0.524. The topological polar surface area (TPSA) is 62.1 Å². The molecule has 18 heavy (non-hydrogen) atoms. The van der Waals surface area contributed by atoms with Crippen LogP contribution in [0.4, 0.5) is 0 Å². The average molecular weight is 254 g/mol. The van der Waals surface area contributed by atoms with E-state index in [1.165, 1.54) is 0 Å². The highest BCUT2D eigenvalue weighted by Crippen LogP contribution is 2.24. The van der Waals surface area contributed by atoms with Crippen molar-refractivity contribution in [1.82, 2.24) is 0 Å². The summed E-state index contributed by atoms with van der Waals surface area (Å²) in [5.41, 5.74) is 1.68. The van der Waals surface area contributed by atoms with E-state index in [0.29, 0.717) is 13.2 Å². The molecule has 1 saturated heterocycles. The van der Waals surface area contributed by atoms with Gasteiger partial charge in [0, 0.05) is 6.07 Å². The summed E-state index contributed by atoms with van der Waals surface area (Å²) in [5.74, 6) is 0.232. The van der Waals surface area contributed by atoms with Gasteiger partial charge >= 0.3 is 0 Å². The van der Waals surface area contributed by atoms with Gasteiger partial charge in [-0.2, -0.15) is 0 Å². The number of aromatic amines is 1. The number of hydrogen-bond donors (Lipinski definition) is 1. The number of aromatic nitrogens is 1. The van der Waals surface area contributed by atoms with E-state index in [4.69, 9.17) is 19.3 Å². The molecule has 2 heterocycles. The van der Waals surface area contributed by atoms with Gasteiger partial charge in [-0.15, -0.1) is 0 Å². The maximum atomic E-state index is 9.16. The molecule has 0 radical (unpaired) electrons. The molecule has 1 aromatic rings. The van der Waals surface area contributed by atoms with Crippen LogP contribution in [0.2, 0.25) is 0 Å². The third kappa shape index (κ3) is 2.98. The quantitative estimate of drug-likeness (QED) is 0.864. The molecule has 100 valence electrons. The summed E-state index contributed by atoms with van der Waals surface area (Å²) >= 11 is 0. The zero-order valence-electron chi connectivity index (χ0n) is 11.0. The molecule has 1 fully saturated rings. The van der Waals surface area contributed by atoms with Crippen molar-refractivity contribution in [2.75, 3.05) is 13.2 Å². The smallest absolute Gasteiger partial charge is 0.211 e. The number of rotatable bonds is 4. The van der Waals surface area contributed by atoms with Crippen LogP contribution in [0, 0.1) is 6.92 Å². The number of nitrogens with one attached hydrogen (secondary N) is 1. The van der Waals surface area contributed by atoms with Crippen molar-refractivity contribution in [2.45, 2.75) is 39.3 Å². The number of aliphatic hydroxyl groups excluding tert-OH is 1. The molecule has 0 spiro atoms. The van der Waals surface area contributed by atoms with Crippen molar-refractivity contribution in [3.8, 4) is 5.75 Å². The lowest BCUT2D eigenvalue weighted by Crippen LogP contribution is -2.25. The van der Waals surface area contributed by atoms with Crippen molar-refractivity contribution < 1.29 is 24.3 Å². The molecule has 0 aliphatic carbocycles. The second-order valence-electron chi connectivity index (χ2n) is 4.87. The van der Waals surface area contributed by atoms with E-state index < -0.39 is 5.79 Å². The molecule has 0 bridgehead atoms. The molecule has 0 unspecified atom stereocenters. The Hall–Kier alpha value is -1.17. The van der Waals surface area contributed by atoms with Gasteiger partial charge < -0.3 is 19.3 Å². The van der Waals surface area contributed by atoms with Crippen LogP contribution in [0.5, 0.6) is 5.75 Å². The largest absolute Gasteiger partial charge is 0.490 e. The van der Waals surface area contributed by atoms with Crippen LogP contribution in [0.15, 0.2) is 12.3 Å². The van der Waals surface area contributed by atoms with E-state index in [1.54, 1.807) is 6.20 Å². The number of H-pyrrole nitrogens is 1. The SMILES string of the molecule is Cc1c(OC[C@@H]2COC(C)(C)O2)cc[nH+]c1CO. The number of ether oxygens (including phenoxy) is 3. The lowest BCUT2D eigenvalue weighted by Gasteiger charge is -2.17. The lowest BCUT2D eigenvalue weighted by molar-refractivity contribution is -0.395. The van der Waals surface area contributed by atoms with Crippen molar-refractivity contribution in [3.63, 3.8) is 0 Å². The van der Waals surface area contributed by atoms with Crippen molar-refractivity contribution >= 4 is 0 Å². The van der Waals surface area contributed by atoms with E-state index in [1.807, 2.05) is 26.8 Å². The van der Waals surface area contributed by atoms with Gasteiger partial charge in [-0.3, -0.25) is 0 Å². The van der Waals surface area contributed by atoms with E-state index in [9.17, 15) is 0 Å². The standard InChI is InChI=1S/C13H19NO4/c1-9-11(6-15)14-5-4-12(9)16-7-10-8-17-13(2,3)18-10/h4-5,10,15H,6-8H2,1-3H3/p+1/t10-/m1/s1. The highest BCUT2D eigenvalue weighted by molar-refractivity contribution is 5.31. The number of hydrogen-bond acceptors (Lipinski definition) is 4. The second kappa shape index (κ2) is 5.22. The number of aliphatic hydroxyl groups is 1. The van der Waals surface area contributed by atoms with Crippen LogP contribution in [0.3, 0.4) is 0 Å². The van der Waals surface area contributed by atoms with Crippen LogP contribution in [-0.2, 0) is 16.1 Å². The van der Waals surface area contributed by atoms with Gasteiger partial charge in [0.2, 0.25) is 5.69 Å². The van der Waals surface area contributed by atoms with Gasteiger partial charge in [-0.05, 0) is 20.8 Å². The molecule has 1 aliphatic heterocycles. The van der Waals surface area contributed by atoms with Crippen molar-refractivity contribution in [2.24, 2.45) is 0 Å². The molecule has 0 aromatic carbocycles. The predicted octanol–water partition coefficient (Wildman–Crippen LogP) is 0.832. The molecular formula is C13H20NO4+. The highest BCUT2D eigenvalue weighted by atomic mass is 16.7. The third-order valence-corrected chi connectivity index (χ3v) is 2.96. The summed E-state index contributed by atoms with van der Waals surface area (Å²) in [5, 5.41) is 9.16. The highest BCUT2D eigenvalue weighted by Gasteiger charge is 2.33. The van der Waals surface area contributed by atoms with Crippen LogP contribution in [0.25, 0.3) is 0 Å². The van der Waals surface area contributed by atoms with Crippen LogP contribution in [0.1, 0.15) is 25.1 Å². The van der Waals surface area contributed by atoms with E-state index >= 15 is 0 Å². The minimum Gasteiger partial charge on any atom is -0.490 e. The fraction of sp³-hybridized carbons (Fsp3) is 0.615. The molecule has 0 saturated carbocycles. The van der Waals surface area contributed by atoms with E-state index in [2.05, 4.69) is 4.98 Å². The Bertz CT molecular complexity index is 419. The Labute approximate surface area is 107 Å². The summed E-state index contributed by atoms with van der Waals surface area (Å²) in [6, 6.07) is 1.84. The molecule has 2 rings (SSSR count). The second-order valence-corrected chi connectivity index (χ2v) is 4.87. The van der Waals surface area contributed by atoms with Crippen LogP contribution < -0.4 is 9.72 Å². The lowest BCUT2D eigenvalue weighted by atomic mass is 10.2. The molecule has 1 atom stereocenters. The molecule has 5 nitrogen and oxygen atoms in total. The molecule has 1 aliphatic rings. The first-order valence-electron chi connectivity index (χ1n) is 6.07. The van der Waals surface area contributed by atoms with Gasteiger partial charge in [0.1, 0.15) is 25.1 Å². The average Bonchev–Trinajstić information content (AvgIpc) is 2.68. The fourth-order valence-electron chi connectivity index (χ4n) is 1.95. The Morgan fingerprint density at radius 1 is 1.56 bits per heavy atom. The zero-order valence-corrected chi connectivity index (χ0v) is 11.0. The first-order valence-corrected chi connectivity index (χ1v) is 6.07.